The topological polar surface area (TPSA) is 53.5 Å². The molecule has 0 aliphatic carbocycles. The molecule has 2 aliphatic heterocycles. The lowest BCUT2D eigenvalue weighted by Gasteiger charge is -2.29. The molecule has 0 unspecified atom stereocenters. The van der Waals surface area contributed by atoms with Crippen LogP contribution in [0.25, 0.3) is 0 Å². The number of likely N-dealkylation sites (tertiary alicyclic amines) is 1. The molecular formula is C20H21N3O2. The Hall–Kier alpha value is -2.69. The Balaban J connectivity index is 1.61. The molecule has 1 saturated heterocycles. The number of carbonyl (C=O) groups is 2. The van der Waals surface area contributed by atoms with Crippen molar-refractivity contribution in [1.29, 1.82) is 0 Å². The monoisotopic (exact) mass is 335 g/mol. The van der Waals surface area contributed by atoms with Crippen molar-refractivity contribution in [3.63, 3.8) is 0 Å². The highest BCUT2D eigenvalue weighted by Crippen LogP contribution is 2.28. The number of amides is 2. The standard InChI is InChI=1S/C20H21N3O2/c24-19(22-11-3-4-12-22)16-9-10-21-17(14-16)20(25)23-13-5-7-15-6-1-2-8-18(15)23/h1-2,6,8-10,14H,3-5,7,11-13H2. The van der Waals surface area contributed by atoms with Gasteiger partial charge in [-0.1, -0.05) is 18.2 Å². The number of hydrogen-bond acceptors (Lipinski definition) is 3. The Morgan fingerprint density at radius 2 is 1.72 bits per heavy atom. The number of aromatic nitrogens is 1. The number of hydrogen-bond donors (Lipinski definition) is 0. The van der Waals surface area contributed by atoms with E-state index in [9.17, 15) is 9.59 Å². The van der Waals surface area contributed by atoms with Crippen LogP contribution in [0.5, 0.6) is 0 Å². The number of para-hydroxylation sites is 1. The number of aryl methyl sites for hydroxylation is 1. The van der Waals surface area contributed by atoms with Gasteiger partial charge in [0, 0.05) is 37.1 Å². The summed E-state index contributed by atoms with van der Waals surface area (Å²) in [4.78, 5) is 33.4. The normalized spacial score (nSPS) is 16.6. The van der Waals surface area contributed by atoms with Gasteiger partial charge in [-0.15, -0.1) is 0 Å². The molecule has 1 aromatic carbocycles. The third-order valence-electron chi connectivity index (χ3n) is 4.97. The Morgan fingerprint density at radius 1 is 0.920 bits per heavy atom. The van der Waals surface area contributed by atoms with Crippen molar-refractivity contribution in [2.75, 3.05) is 24.5 Å². The van der Waals surface area contributed by atoms with Crippen molar-refractivity contribution in [2.45, 2.75) is 25.7 Å². The summed E-state index contributed by atoms with van der Waals surface area (Å²) in [5.74, 6) is -0.142. The third kappa shape index (κ3) is 3.02. The zero-order chi connectivity index (χ0) is 17.2. The maximum absolute atomic E-state index is 13.0. The smallest absolute Gasteiger partial charge is 0.276 e. The van der Waals surface area contributed by atoms with E-state index in [1.54, 1.807) is 23.2 Å². The Bertz CT molecular complexity index is 812. The molecule has 0 bridgehead atoms. The van der Waals surface area contributed by atoms with Crippen LogP contribution >= 0.6 is 0 Å². The van der Waals surface area contributed by atoms with Crippen LogP contribution in [0, 0.1) is 0 Å². The van der Waals surface area contributed by atoms with Crippen molar-refractivity contribution in [3.8, 4) is 0 Å². The molecule has 2 aromatic rings. The van der Waals surface area contributed by atoms with Gasteiger partial charge in [0.25, 0.3) is 11.8 Å². The Kier molecular flexibility index (Phi) is 4.22. The second-order valence-corrected chi connectivity index (χ2v) is 6.62. The van der Waals surface area contributed by atoms with Gasteiger partial charge >= 0.3 is 0 Å². The summed E-state index contributed by atoms with van der Waals surface area (Å²) >= 11 is 0. The molecule has 5 heteroatoms. The minimum absolute atomic E-state index is 0.00649. The number of benzene rings is 1. The summed E-state index contributed by atoms with van der Waals surface area (Å²) < 4.78 is 0. The zero-order valence-corrected chi connectivity index (χ0v) is 14.1. The van der Waals surface area contributed by atoms with E-state index in [1.807, 2.05) is 23.1 Å². The van der Waals surface area contributed by atoms with Crippen LogP contribution < -0.4 is 4.90 Å². The van der Waals surface area contributed by atoms with Gasteiger partial charge in [0.15, 0.2) is 0 Å². The summed E-state index contributed by atoms with van der Waals surface area (Å²) in [6.07, 6.45) is 5.59. The number of rotatable bonds is 2. The molecular weight excluding hydrogens is 314 g/mol. The maximum atomic E-state index is 13.0. The van der Waals surface area contributed by atoms with Gasteiger partial charge in [-0.05, 0) is 49.4 Å². The van der Waals surface area contributed by atoms with E-state index >= 15 is 0 Å². The van der Waals surface area contributed by atoms with Crippen LogP contribution in [0.2, 0.25) is 0 Å². The fourth-order valence-electron chi connectivity index (χ4n) is 3.67. The number of nitrogens with zero attached hydrogens (tertiary/aromatic N) is 3. The van der Waals surface area contributed by atoms with Crippen molar-refractivity contribution in [1.82, 2.24) is 9.88 Å². The number of carbonyl (C=O) groups excluding carboxylic acids is 2. The van der Waals surface area contributed by atoms with E-state index < -0.39 is 0 Å². The zero-order valence-electron chi connectivity index (χ0n) is 14.1. The van der Waals surface area contributed by atoms with Crippen LogP contribution in [-0.2, 0) is 6.42 Å². The lowest BCUT2D eigenvalue weighted by Crippen LogP contribution is -2.36. The number of pyridine rings is 1. The summed E-state index contributed by atoms with van der Waals surface area (Å²) in [7, 11) is 0. The van der Waals surface area contributed by atoms with E-state index in [0.29, 0.717) is 17.8 Å². The molecule has 5 nitrogen and oxygen atoms in total. The van der Waals surface area contributed by atoms with Gasteiger partial charge in [0.1, 0.15) is 5.69 Å². The number of anilines is 1. The molecule has 4 rings (SSSR count). The molecule has 1 fully saturated rings. The third-order valence-corrected chi connectivity index (χ3v) is 4.97. The molecule has 0 saturated carbocycles. The SMILES string of the molecule is O=C(c1ccnc(C(=O)N2CCCc3ccccc32)c1)N1CCCC1. The summed E-state index contributed by atoms with van der Waals surface area (Å²) in [6, 6.07) is 11.3. The Morgan fingerprint density at radius 3 is 2.56 bits per heavy atom. The van der Waals surface area contributed by atoms with Gasteiger partial charge in [-0.25, -0.2) is 0 Å². The van der Waals surface area contributed by atoms with Gasteiger partial charge in [-0.3, -0.25) is 14.6 Å². The minimum Gasteiger partial charge on any atom is -0.339 e. The van der Waals surface area contributed by atoms with Crippen LogP contribution in [-0.4, -0.2) is 41.3 Å². The van der Waals surface area contributed by atoms with E-state index in [2.05, 4.69) is 11.1 Å². The number of fused-ring (bicyclic) bond motifs is 1. The first kappa shape index (κ1) is 15.8. The van der Waals surface area contributed by atoms with E-state index in [0.717, 1.165) is 44.5 Å². The molecule has 0 N–H and O–H groups in total. The average molecular weight is 335 g/mol. The lowest BCUT2D eigenvalue weighted by molar-refractivity contribution is 0.0792. The highest BCUT2D eigenvalue weighted by molar-refractivity contribution is 6.07. The van der Waals surface area contributed by atoms with Crippen LogP contribution in [0.1, 0.15) is 45.7 Å². The van der Waals surface area contributed by atoms with Crippen LogP contribution in [0.4, 0.5) is 5.69 Å². The van der Waals surface area contributed by atoms with Gasteiger partial charge in [0.2, 0.25) is 0 Å². The van der Waals surface area contributed by atoms with Crippen LogP contribution in [0.15, 0.2) is 42.6 Å². The first-order valence-corrected chi connectivity index (χ1v) is 8.89. The summed E-state index contributed by atoms with van der Waals surface area (Å²) in [5, 5.41) is 0. The minimum atomic E-state index is -0.136. The van der Waals surface area contributed by atoms with E-state index in [4.69, 9.17) is 0 Å². The molecule has 2 aliphatic rings. The van der Waals surface area contributed by atoms with Gasteiger partial charge in [-0.2, -0.15) is 0 Å². The Labute approximate surface area is 147 Å². The van der Waals surface area contributed by atoms with Crippen molar-refractivity contribution in [3.05, 3.63) is 59.4 Å². The fourth-order valence-corrected chi connectivity index (χ4v) is 3.67. The highest BCUT2D eigenvalue weighted by atomic mass is 16.2. The van der Waals surface area contributed by atoms with Crippen molar-refractivity contribution in [2.24, 2.45) is 0 Å². The van der Waals surface area contributed by atoms with Gasteiger partial charge in [0.05, 0.1) is 0 Å². The summed E-state index contributed by atoms with van der Waals surface area (Å²) in [5.41, 5.74) is 3.02. The molecule has 128 valence electrons. The predicted molar refractivity (Wildman–Crippen MR) is 95.8 cm³/mol. The van der Waals surface area contributed by atoms with Crippen LogP contribution in [0.3, 0.4) is 0 Å². The second-order valence-electron chi connectivity index (χ2n) is 6.62. The summed E-state index contributed by atoms with van der Waals surface area (Å²) in [6.45, 7) is 2.27. The average Bonchev–Trinajstić information content (AvgIpc) is 3.21. The quantitative estimate of drug-likeness (QED) is 0.848. The maximum Gasteiger partial charge on any atom is 0.276 e. The van der Waals surface area contributed by atoms with E-state index in [-0.39, 0.29) is 11.8 Å². The molecule has 0 radical (unpaired) electrons. The first-order valence-electron chi connectivity index (χ1n) is 8.89. The van der Waals surface area contributed by atoms with E-state index in [1.165, 1.54) is 5.56 Å². The largest absolute Gasteiger partial charge is 0.339 e. The fraction of sp³-hybridized carbons (Fsp3) is 0.350. The molecule has 25 heavy (non-hydrogen) atoms. The second kappa shape index (κ2) is 6.67. The molecule has 0 atom stereocenters. The first-order chi connectivity index (χ1) is 12.2. The molecule has 3 heterocycles. The van der Waals surface area contributed by atoms with Gasteiger partial charge < -0.3 is 9.80 Å². The van der Waals surface area contributed by atoms with Crippen molar-refractivity contribution >= 4 is 17.5 Å². The molecule has 2 amide bonds. The molecule has 1 aromatic heterocycles. The lowest BCUT2D eigenvalue weighted by atomic mass is 10.0. The van der Waals surface area contributed by atoms with Crippen molar-refractivity contribution < 1.29 is 9.59 Å². The predicted octanol–water partition coefficient (Wildman–Crippen LogP) is 2.91. The highest BCUT2D eigenvalue weighted by Gasteiger charge is 2.26. The molecule has 0 spiro atoms.